The average molecular weight is 259 g/mol. The fraction of sp³-hybridized carbons (Fsp3) is 0.429. The predicted molar refractivity (Wildman–Crippen MR) is 70.6 cm³/mol. The van der Waals surface area contributed by atoms with E-state index in [1.54, 1.807) is 6.20 Å². The molecule has 0 N–H and O–H groups in total. The van der Waals surface area contributed by atoms with Gasteiger partial charge >= 0.3 is 0 Å². The third-order valence-corrected chi connectivity index (χ3v) is 2.77. The number of carbonyl (C=O) groups is 1. The molecule has 2 heterocycles. The standard InChI is InChI=1S/C14H17N3O2/c1-4-5-11(18)7-12-16-14(17-19-12)13-10(3)6-9(2)8-15-13/h6,8H,4-5,7H2,1-3H3. The van der Waals surface area contributed by atoms with Gasteiger partial charge in [0.2, 0.25) is 11.7 Å². The summed E-state index contributed by atoms with van der Waals surface area (Å²) in [7, 11) is 0. The van der Waals surface area contributed by atoms with Crippen molar-refractivity contribution in [1.82, 2.24) is 15.1 Å². The number of rotatable bonds is 5. The van der Waals surface area contributed by atoms with Crippen LogP contribution in [0.4, 0.5) is 0 Å². The lowest BCUT2D eigenvalue weighted by molar-refractivity contribution is -0.118. The summed E-state index contributed by atoms with van der Waals surface area (Å²) in [5.74, 6) is 0.915. The van der Waals surface area contributed by atoms with E-state index in [-0.39, 0.29) is 12.2 Å². The summed E-state index contributed by atoms with van der Waals surface area (Å²) < 4.78 is 5.10. The van der Waals surface area contributed by atoms with Crippen molar-refractivity contribution in [2.75, 3.05) is 0 Å². The molecule has 0 aliphatic rings. The zero-order valence-corrected chi connectivity index (χ0v) is 11.4. The van der Waals surface area contributed by atoms with Gasteiger partial charge in [-0.15, -0.1) is 0 Å². The van der Waals surface area contributed by atoms with E-state index in [1.165, 1.54) is 0 Å². The summed E-state index contributed by atoms with van der Waals surface area (Å²) >= 11 is 0. The number of carbonyl (C=O) groups excluding carboxylic acids is 1. The lowest BCUT2D eigenvalue weighted by Gasteiger charge is -2.00. The number of hydrogen-bond acceptors (Lipinski definition) is 5. The summed E-state index contributed by atoms with van der Waals surface area (Å²) in [5.41, 5.74) is 2.78. The van der Waals surface area contributed by atoms with Gasteiger partial charge < -0.3 is 4.52 Å². The van der Waals surface area contributed by atoms with E-state index in [9.17, 15) is 4.79 Å². The Balaban J connectivity index is 2.18. The minimum atomic E-state index is 0.117. The van der Waals surface area contributed by atoms with Gasteiger partial charge in [0.15, 0.2) is 0 Å². The average Bonchev–Trinajstić information content (AvgIpc) is 2.77. The first-order chi connectivity index (χ1) is 9.10. The Bertz CT molecular complexity index is 590. The minimum Gasteiger partial charge on any atom is -0.338 e. The van der Waals surface area contributed by atoms with E-state index >= 15 is 0 Å². The van der Waals surface area contributed by atoms with E-state index in [4.69, 9.17) is 4.52 Å². The molecule has 100 valence electrons. The second kappa shape index (κ2) is 5.73. The fourth-order valence-corrected chi connectivity index (χ4v) is 1.91. The second-order valence-corrected chi connectivity index (χ2v) is 4.66. The molecule has 0 bridgehead atoms. The molecular weight excluding hydrogens is 242 g/mol. The van der Waals surface area contributed by atoms with Gasteiger partial charge in [-0.2, -0.15) is 4.98 Å². The van der Waals surface area contributed by atoms with Gasteiger partial charge in [0.05, 0.1) is 6.42 Å². The Morgan fingerprint density at radius 1 is 1.37 bits per heavy atom. The van der Waals surface area contributed by atoms with Gasteiger partial charge in [-0.05, 0) is 31.4 Å². The molecule has 0 aliphatic heterocycles. The lowest BCUT2D eigenvalue weighted by atomic mass is 10.1. The van der Waals surface area contributed by atoms with Crippen molar-refractivity contribution >= 4 is 5.78 Å². The van der Waals surface area contributed by atoms with Crippen LogP contribution in [0.25, 0.3) is 11.5 Å². The van der Waals surface area contributed by atoms with Crippen molar-refractivity contribution in [2.24, 2.45) is 0 Å². The van der Waals surface area contributed by atoms with E-state index < -0.39 is 0 Å². The van der Waals surface area contributed by atoms with E-state index in [0.29, 0.717) is 23.8 Å². The van der Waals surface area contributed by atoms with Crippen molar-refractivity contribution in [3.63, 3.8) is 0 Å². The zero-order chi connectivity index (χ0) is 13.8. The Hall–Kier alpha value is -2.04. The van der Waals surface area contributed by atoms with Crippen molar-refractivity contribution in [3.8, 4) is 11.5 Å². The van der Waals surface area contributed by atoms with Crippen molar-refractivity contribution in [1.29, 1.82) is 0 Å². The Labute approximate surface area is 112 Å². The Morgan fingerprint density at radius 3 is 2.84 bits per heavy atom. The van der Waals surface area contributed by atoms with Crippen LogP contribution in [0, 0.1) is 13.8 Å². The van der Waals surface area contributed by atoms with Crippen LogP contribution in [0.2, 0.25) is 0 Å². The molecule has 0 unspecified atom stereocenters. The molecule has 0 spiro atoms. The molecule has 0 saturated carbocycles. The van der Waals surface area contributed by atoms with Gasteiger partial charge in [-0.25, -0.2) is 0 Å². The third-order valence-electron chi connectivity index (χ3n) is 2.77. The van der Waals surface area contributed by atoms with E-state index in [0.717, 1.165) is 17.5 Å². The van der Waals surface area contributed by atoms with Crippen molar-refractivity contribution in [2.45, 2.75) is 40.0 Å². The maximum absolute atomic E-state index is 11.5. The number of aryl methyl sites for hydroxylation is 2. The van der Waals surface area contributed by atoms with Crippen LogP contribution in [0.15, 0.2) is 16.8 Å². The molecule has 0 aliphatic carbocycles. The summed E-state index contributed by atoms with van der Waals surface area (Å²) in [5, 5.41) is 3.89. The maximum Gasteiger partial charge on any atom is 0.234 e. The zero-order valence-electron chi connectivity index (χ0n) is 11.4. The number of hydrogen-bond donors (Lipinski definition) is 0. The summed E-state index contributed by atoms with van der Waals surface area (Å²) in [6.45, 7) is 5.90. The smallest absolute Gasteiger partial charge is 0.234 e. The van der Waals surface area contributed by atoms with E-state index in [2.05, 4.69) is 15.1 Å². The minimum absolute atomic E-state index is 0.117. The molecule has 0 fully saturated rings. The molecule has 2 aromatic heterocycles. The van der Waals surface area contributed by atoms with E-state index in [1.807, 2.05) is 26.8 Å². The molecule has 2 rings (SSSR count). The van der Waals surface area contributed by atoms with Crippen molar-refractivity contribution < 1.29 is 9.32 Å². The maximum atomic E-state index is 11.5. The first-order valence-corrected chi connectivity index (χ1v) is 6.38. The quantitative estimate of drug-likeness (QED) is 0.825. The normalized spacial score (nSPS) is 10.7. The molecule has 0 radical (unpaired) electrons. The van der Waals surface area contributed by atoms with Gasteiger partial charge in [0.25, 0.3) is 0 Å². The van der Waals surface area contributed by atoms with Crippen LogP contribution in [0.5, 0.6) is 0 Å². The highest BCUT2D eigenvalue weighted by Crippen LogP contribution is 2.18. The van der Waals surface area contributed by atoms with Crippen LogP contribution >= 0.6 is 0 Å². The summed E-state index contributed by atoms with van der Waals surface area (Å²) in [6.07, 6.45) is 3.34. The molecule has 2 aromatic rings. The largest absolute Gasteiger partial charge is 0.338 e. The molecule has 0 amide bonds. The van der Waals surface area contributed by atoms with Gasteiger partial charge in [0.1, 0.15) is 11.5 Å². The van der Waals surface area contributed by atoms with Crippen molar-refractivity contribution in [3.05, 3.63) is 29.3 Å². The predicted octanol–water partition coefficient (Wildman–Crippen LogP) is 2.66. The van der Waals surface area contributed by atoms with Crippen LogP contribution in [-0.4, -0.2) is 20.9 Å². The monoisotopic (exact) mass is 259 g/mol. The molecule has 5 nitrogen and oxygen atoms in total. The first kappa shape index (κ1) is 13.4. The molecule has 19 heavy (non-hydrogen) atoms. The number of aromatic nitrogens is 3. The molecular formula is C14H17N3O2. The number of ketones is 1. The highest BCUT2D eigenvalue weighted by atomic mass is 16.5. The van der Waals surface area contributed by atoms with Crippen LogP contribution < -0.4 is 0 Å². The van der Waals surface area contributed by atoms with Crippen LogP contribution in [-0.2, 0) is 11.2 Å². The second-order valence-electron chi connectivity index (χ2n) is 4.66. The molecule has 0 aromatic carbocycles. The fourth-order valence-electron chi connectivity index (χ4n) is 1.91. The van der Waals surface area contributed by atoms with Gasteiger partial charge in [-0.3, -0.25) is 9.78 Å². The van der Waals surface area contributed by atoms with Crippen LogP contribution in [0.3, 0.4) is 0 Å². The summed E-state index contributed by atoms with van der Waals surface area (Å²) in [4.78, 5) is 20.1. The first-order valence-electron chi connectivity index (χ1n) is 6.38. The van der Waals surface area contributed by atoms with Gasteiger partial charge in [0, 0.05) is 12.6 Å². The Morgan fingerprint density at radius 2 is 2.16 bits per heavy atom. The highest BCUT2D eigenvalue weighted by Gasteiger charge is 2.14. The lowest BCUT2D eigenvalue weighted by Crippen LogP contribution is -2.02. The highest BCUT2D eigenvalue weighted by molar-refractivity contribution is 5.79. The number of nitrogens with zero attached hydrogens (tertiary/aromatic N) is 3. The molecule has 0 atom stereocenters. The molecule has 5 heteroatoms. The molecule has 0 saturated heterocycles. The SMILES string of the molecule is CCCC(=O)Cc1nc(-c2ncc(C)cc2C)no1. The number of pyridine rings is 1. The number of Topliss-reactive ketones (excluding diaryl/α,β-unsaturated/α-hetero) is 1. The van der Waals surface area contributed by atoms with Crippen LogP contribution in [0.1, 0.15) is 36.8 Å². The Kier molecular flexibility index (Phi) is 4.04. The topological polar surface area (TPSA) is 68.9 Å². The summed E-state index contributed by atoms with van der Waals surface area (Å²) in [6, 6.07) is 2.01. The van der Waals surface area contributed by atoms with Gasteiger partial charge in [-0.1, -0.05) is 18.1 Å². The third kappa shape index (κ3) is 3.24.